The lowest BCUT2D eigenvalue weighted by Crippen LogP contribution is -2.21. The Labute approximate surface area is 113 Å². The van der Waals surface area contributed by atoms with Crippen LogP contribution in [0, 0.1) is 0 Å². The van der Waals surface area contributed by atoms with Crippen LogP contribution in [0.1, 0.15) is 25.7 Å². The van der Waals surface area contributed by atoms with Crippen molar-refractivity contribution in [1.29, 1.82) is 0 Å². The molecule has 1 aliphatic heterocycles. The van der Waals surface area contributed by atoms with E-state index in [-0.39, 0.29) is 13.1 Å². The van der Waals surface area contributed by atoms with Crippen LogP contribution in [0.3, 0.4) is 0 Å². The number of methoxy groups -OCH3 is 1. The highest BCUT2D eigenvalue weighted by atomic mass is 16.6. The summed E-state index contributed by atoms with van der Waals surface area (Å²) in [5.41, 5.74) is 0. The van der Waals surface area contributed by atoms with Crippen molar-refractivity contribution in [2.75, 3.05) is 7.11 Å². The van der Waals surface area contributed by atoms with Crippen molar-refractivity contribution in [3.05, 3.63) is 36.3 Å². The summed E-state index contributed by atoms with van der Waals surface area (Å²) in [6.45, 7) is 0. The van der Waals surface area contributed by atoms with Crippen LogP contribution >= 0.6 is 0 Å². The number of allylic oxidation sites excluding steroid dienone is 1. The smallest absolute Gasteiger partial charge is 0.520 e. The third-order valence-corrected chi connectivity index (χ3v) is 2.86. The van der Waals surface area contributed by atoms with E-state index in [0.717, 1.165) is 30.8 Å². The summed E-state index contributed by atoms with van der Waals surface area (Å²) < 4.78 is 15.7. The van der Waals surface area contributed by atoms with Crippen LogP contribution < -0.4 is 9.31 Å². The summed E-state index contributed by atoms with van der Waals surface area (Å²) in [7, 11) is 1.08. The number of carbonyl (C=O) groups is 1. The molecule has 2 rings (SSSR count). The van der Waals surface area contributed by atoms with E-state index in [4.69, 9.17) is 9.31 Å². The number of esters is 1. The Bertz CT molecular complexity index is 434. The molecule has 0 saturated carbocycles. The van der Waals surface area contributed by atoms with Crippen molar-refractivity contribution < 1.29 is 18.8 Å². The largest absolute Gasteiger partial charge is 0.624 e. The summed E-state index contributed by atoms with van der Waals surface area (Å²) >= 11 is 0. The molecule has 0 bridgehead atoms. The maximum absolute atomic E-state index is 10.9. The van der Waals surface area contributed by atoms with Gasteiger partial charge in [0.05, 0.1) is 7.11 Å². The summed E-state index contributed by atoms with van der Waals surface area (Å²) in [5, 5.41) is 0. The van der Waals surface area contributed by atoms with Crippen LogP contribution in [0.5, 0.6) is 11.5 Å². The summed E-state index contributed by atoms with van der Waals surface area (Å²) in [6.07, 6.45) is 5.19. The normalized spacial score (nSPS) is 13.0. The van der Waals surface area contributed by atoms with Gasteiger partial charge in [0, 0.05) is 6.42 Å². The molecule has 19 heavy (non-hydrogen) atoms. The first-order valence-electron chi connectivity index (χ1n) is 6.45. The van der Waals surface area contributed by atoms with E-state index in [1.165, 1.54) is 7.11 Å². The molecule has 1 heterocycles. The zero-order valence-electron chi connectivity index (χ0n) is 11.0. The van der Waals surface area contributed by atoms with E-state index in [1.54, 1.807) is 0 Å². The molecule has 0 amide bonds. The maximum atomic E-state index is 10.9. The number of rotatable bonds is 6. The molecular weight excluding hydrogens is 243 g/mol. The van der Waals surface area contributed by atoms with E-state index in [2.05, 4.69) is 4.74 Å². The van der Waals surface area contributed by atoms with Crippen LogP contribution in [0.15, 0.2) is 36.3 Å². The van der Waals surface area contributed by atoms with Crippen molar-refractivity contribution in [3.8, 4) is 11.5 Å². The summed E-state index contributed by atoms with van der Waals surface area (Å²) in [5.74, 6) is 3.31. The number of carbonyl (C=O) groups excluding carboxylic acids is 1. The Hall–Kier alpha value is -1.91. The molecule has 0 radical (unpaired) electrons. The molecule has 0 unspecified atom stereocenters. The van der Waals surface area contributed by atoms with E-state index >= 15 is 0 Å². The van der Waals surface area contributed by atoms with Gasteiger partial charge in [0.2, 0.25) is 0 Å². The second kappa shape index (κ2) is 6.88. The van der Waals surface area contributed by atoms with Crippen LogP contribution in [0.2, 0.25) is 0 Å². The average Bonchev–Trinajstić information content (AvgIpc) is 2.84. The van der Waals surface area contributed by atoms with Crippen molar-refractivity contribution >= 4 is 13.1 Å². The van der Waals surface area contributed by atoms with Crippen molar-refractivity contribution in [2.45, 2.75) is 25.7 Å². The first kappa shape index (κ1) is 13.5. The number of ether oxygens (including phenoxy) is 1. The predicted octanol–water partition coefficient (Wildman–Crippen LogP) is 2.77. The Kier molecular flexibility index (Phi) is 4.89. The minimum atomic E-state index is -0.335. The fraction of sp³-hybridized carbons (Fsp3) is 0.357. The van der Waals surface area contributed by atoms with E-state index in [1.807, 2.05) is 36.3 Å². The second-order valence-corrected chi connectivity index (χ2v) is 4.30. The fourth-order valence-corrected chi connectivity index (χ4v) is 1.84. The van der Waals surface area contributed by atoms with Crippen LogP contribution in [-0.4, -0.2) is 20.2 Å². The van der Waals surface area contributed by atoms with Gasteiger partial charge in [-0.15, -0.1) is 0 Å². The lowest BCUT2D eigenvalue weighted by Gasteiger charge is -1.99. The van der Waals surface area contributed by atoms with Gasteiger partial charge in [-0.2, -0.15) is 0 Å². The quantitative estimate of drug-likeness (QED) is 0.448. The van der Waals surface area contributed by atoms with Gasteiger partial charge in [0.25, 0.3) is 0 Å². The third kappa shape index (κ3) is 4.05. The molecule has 0 N–H and O–H groups in total. The predicted molar refractivity (Wildman–Crippen MR) is 73.1 cm³/mol. The van der Waals surface area contributed by atoms with Gasteiger partial charge >= 0.3 is 13.1 Å². The van der Waals surface area contributed by atoms with Gasteiger partial charge in [0.1, 0.15) is 11.5 Å². The van der Waals surface area contributed by atoms with E-state index in [9.17, 15) is 4.79 Å². The zero-order valence-corrected chi connectivity index (χ0v) is 11.0. The molecule has 1 aliphatic rings. The number of benzene rings is 1. The van der Waals surface area contributed by atoms with Gasteiger partial charge < -0.3 is 14.0 Å². The van der Waals surface area contributed by atoms with Gasteiger partial charge in [-0.1, -0.05) is 18.2 Å². The molecule has 0 spiro atoms. The SMILES string of the molecule is COC(=O)CCCC/C=C\B1Oc2ccccc2O1. The zero-order chi connectivity index (χ0) is 13.5. The Balaban J connectivity index is 1.64. The van der Waals surface area contributed by atoms with Crippen molar-refractivity contribution in [3.63, 3.8) is 0 Å². The highest BCUT2D eigenvalue weighted by Gasteiger charge is 2.28. The minimum absolute atomic E-state index is 0.151. The lowest BCUT2D eigenvalue weighted by atomic mass is 9.90. The average molecular weight is 260 g/mol. The summed E-state index contributed by atoms with van der Waals surface area (Å²) in [6, 6.07) is 7.61. The first-order chi connectivity index (χ1) is 9.29. The molecule has 4 nitrogen and oxygen atoms in total. The highest BCUT2D eigenvalue weighted by Crippen LogP contribution is 2.32. The third-order valence-electron chi connectivity index (χ3n) is 2.86. The van der Waals surface area contributed by atoms with Crippen LogP contribution in [0.25, 0.3) is 0 Å². The molecule has 5 heteroatoms. The summed E-state index contributed by atoms with van der Waals surface area (Å²) in [4.78, 5) is 10.9. The molecule has 1 aromatic rings. The Morgan fingerprint density at radius 1 is 1.26 bits per heavy atom. The monoisotopic (exact) mass is 260 g/mol. The molecular formula is C14H17BO4. The van der Waals surface area contributed by atoms with Crippen LogP contribution in [-0.2, 0) is 9.53 Å². The number of hydrogen-bond acceptors (Lipinski definition) is 4. The van der Waals surface area contributed by atoms with Crippen LogP contribution in [0.4, 0.5) is 0 Å². The van der Waals surface area contributed by atoms with Gasteiger partial charge in [0.15, 0.2) is 0 Å². The molecule has 1 aromatic carbocycles. The van der Waals surface area contributed by atoms with Crippen molar-refractivity contribution in [2.24, 2.45) is 0 Å². The topological polar surface area (TPSA) is 44.8 Å². The molecule has 100 valence electrons. The molecule has 0 saturated heterocycles. The minimum Gasteiger partial charge on any atom is -0.520 e. The standard InChI is InChI=1S/C14H17BO4/c1-17-14(16)10-4-2-3-7-11-15-18-12-8-5-6-9-13(12)19-15/h5-9,11H,2-4,10H2,1H3/b11-7-. The first-order valence-corrected chi connectivity index (χ1v) is 6.45. The highest BCUT2D eigenvalue weighted by molar-refractivity contribution is 6.53. The second-order valence-electron chi connectivity index (χ2n) is 4.30. The van der Waals surface area contributed by atoms with E-state index in [0.29, 0.717) is 6.42 Å². The van der Waals surface area contributed by atoms with E-state index < -0.39 is 0 Å². The number of hydrogen-bond donors (Lipinski definition) is 0. The molecule has 0 atom stereocenters. The van der Waals surface area contributed by atoms with Gasteiger partial charge in [-0.05, 0) is 37.4 Å². The molecule has 0 fully saturated rings. The van der Waals surface area contributed by atoms with Gasteiger partial charge in [-0.25, -0.2) is 0 Å². The number of para-hydroxylation sites is 2. The van der Waals surface area contributed by atoms with Crippen molar-refractivity contribution in [1.82, 2.24) is 0 Å². The fourth-order valence-electron chi connectivity index (χ4n) is 1.84. The molecule has 0 aliphatic carbocycles. The van der Waals surface area contributed by atoms with Gasteiger partial charge in [-0.3, -0.25) is 4.79 Å². The maximum Gasteiger partial charge on any atom is 0.624 e. The molecule has 0 aromatic heterocycles. The number of unbranched alkanes of at least 4 members (excludes halogenated alkanes) is 2. The Morgan fingerprint density at radius 3 is 2.58 bits per heavy atom. The lowest BCUT2D eigenvalue weighted by molar-refractivity contribution is -0.140. The Morgan fingerprint density at radius 2 is 1.95 bits per heavy atom. The number of fused-ring (bicyclic) bond motifs is 1.